The minimum absolute atomic E-state index is 0.156. The number of likely N-dealkylation sites (N-methyl/N-ethyl adjacent to an activating group) is 1. The number of rotatable bonds is 8. The van der Waals surface area contributed by atoms with E-state index in [0.29, 0.717) is 23.0 Å². The molecule has 2 aromatic rings. The minimum atomic E-state index is -0.660. The summed E-state index contributed by atoms with van der Waals surface area (Å²) in [5.74, 6) is -0.849. The lowest BCUT2D eigenvalue weighted by Crippen LogP contribution is -2.45. The summed E-state index contributed by atoms with van der Waals surface area (Å²) in [6.45, 7) is -0.398. The van der Waals surface area contributed by atoms with Crippen molar-refractivity contribution >= 4 is 29.3 Å². The molecule has 0 N–H and O–H groups in total. The van der Waals surface area contributed by atoms with Crippen LogP contribution in [-0.2, 0) is 14.3 Å². The van der Waals surface area contributed by atoms with Crippen LogP contribution in [0.2, 0.25) is 0 Å². The van der Waals surface area contributed by atoms with Crippen LogP contribution in [0.4, 0.5) is 5.69 Å². The second kappa shape index (κ2) is 10.8. The van der Waals surface area contributed by atoms with Crippen LogP contribution in [0.5, 0.6) is 5.75 Å². The first-order chi connectivity index (χ1) is 16.9. The van der Waals surface area contributed by atoms with Gasteiger partial charge in [0, 0.05) is 11.6 Å². The van der Waals surface area contributed by atoms with Crippen LogP contribution in [0, 0.1) is 0 Å². The van der Waals surface area contributed by atoms with E-state index < -0.39 is 18.6 Å². The fourth-order valence-electron chi connectivity index (χ4n) is 4.77. The smallest absolute Gasteiger partial charge is 0.338 e. The van der Waals surface area contributed by atoms with Crippen molar-refractivity contribution in [2.75, 3.05) is 25.7 Å². The SMILES string of the molecule is COc1ccc(C(=O)COC(=O)c2ccc(N3C(=O)CC(N(C)C4CCCCC4)C3=O)cc2)cc1. The van der Waals surface area contributed by atoms with Gasteiger partial charge in [0.1, 0.15) is 5.75 Å². The number of hydrogen-bond acceptors (Lipinski definition) is 7. The van der Waals surface area contributed by atoms with Crippen LogP contribution in [0.25, 0.3) is 0 Å². The number of carbonyl (C=O) groups is 4. The molecule has 8 nitrogen and oxygen atoms in total. The molecule has 0 aromatic heterocycles. The molecule has 2 aromatic carbocycles. The van der Waals surface area contributed by atoms with Gasteiger partial charge in [-0.1, -0.05) is 19.3 Å². The van der Waals surface area contributed by atoms with E-state index in [1.54, 1.807) is 36.4 Å². The van der Waals surface area contributed by atoms with Gasteiger partial charge in [-0.15, -0.1) is 0 Å². The minimum Gasteiger partial charge on any atom is -0.497 e. The largest absolute Gasteiger partial charge is 0.497 e. The Bertz CT molecular complexity index is 1090. The van der Waals surface area contributed by atoms with E-state index in [0.717, 1.165) is 25.7 Å². The summed E-state index contributed by atoms with van der Waals surface area (Å²) in [4.78, 5) is 53.7. The first kappa shape index (κ1) is 24.6. The summed E-state index contributed by atoms with van der Waals surface area (Å²) in [5, 5.41) is 0. The third kappa shape index (κ3) is 5.43. The molecular formula is C27H30N2O6. The van der Waals surface area contributed by atoms with Gasteiger partial charge in [-0.2, -0.15) is 0 Å². The van der Waals surface area contributed by atoms with Crippen molar-refractivity contribution in [3.05, 3.63) is 59.7 Å². The summed E-state index contributed by atoms with van der Waals surface area (Å²) in [7, 11) is 3.47. The van der Waals surface area contributed by atoms with Gasteiger partial charge in [-0.3, -0.25) is 19.3 Å². The van der Waals surface area contributed by atoms with Crippen LogP contribution < -0.4 is 9.64 Å². The van der Waals surface area contributed by atoms with Crippen LogP contribution >= 0.6 is 0 Å². The van der Waals surface area contributed by atoms with Gasteiger partial charge in [0.15, 0.2) is 12.4 Å². The van der Waals surface area contributed by atoms with Gasteiger partial charge in [-0.05, 0) is 68.4 Å². The number of anilines is 1. The molecule has 0 radical (unpaired) electrons. The predicted molar refractivity (Wildman–Crippen MR) is 130 cm³/mol. The van der Waals surface area contributed by atoms with Crippen LogP contribution in [-0.4, -0.2) is 61.3 Å². The summed E-state index contributed by atoms with van der Waals surface area (Å²) < 4.78 is 10.2. The molecule has 35 heavy (non-hydrogen) atoms. The lowest BCUT2D eigenvalue weighted by molar-refractivity contribution is -0.123. The Morgan fingerprint density at radius 3 is 2.20 bits per heavy atom. The Morgan fingerprint density at radius 1 is 0.943 bits per heavy atom. The molecule has 8 heteroatoms. The molecule has 1 atom stereocenters. The number of hydrogen-bond donors (Lipinski definition) is 0. The van der Waals surface area contributed by atoms with Gasteiger partial charge in [-0.25, -0.2) is 9.69 Å². The second-order valence-electron chi connectivity index (χ2n) is 9.02. The Balaban J connectivity index is 1.36. The molecular weight excluding hydrogens is 448 g/mol. The predicted octanol–water partition coefficient (Wildman–Crippen LogP) is 3.63. The fraction of sp³-hybridized carbons (Fsp3) is 0.407. The average Bonchev–Trinajstić information content (AvgIpc) is 3.20. The second-order valence-corrected chi connectivity index (χ2v) is 9.02. The van der Waals surface area contributed by atoms with Gasteiger partial charge in [0.2, 0.25) is 5.91 Å². The molecule has 1 aliphatic heterocycles. The molecule has 4 rings (SSSR count). The van der Waals surface area contributed by atoms with Crippen LogP contribution in [0.3, 0.4) is 0 Å². The quantitative estimate of drug-likeness (QED) is 0.325. The number of imide groups is 1. The first-order valence-electron chi connectivity index (χ1n) is 11.9. The molecule has 1 saturated carbocycles. The highest BCUT2D eigenvalue weighted by molar-refractivity contribution is 6.22. The number of nitrogens with zero attached hydrogens (tertiary/aromatic N) is 2. The number of amides is 2. The van der Waals surface area contributed by atoms with Gasteiger partial charge in [0.05, 0.1) is 30.8 Å². The Kier molecular flexibility index (Phi) is 7.60. The molecule has 1 aliphatic carbocycles. The monoisotopic (exact) mass is 478 g/mol. The van der Waals surface area contributed by atoms with E-state index in [-0.39, 0.29) is 29.6 Å². The first-order valence-corrected chi connectivity index (χ1v) is 11.9. The molecule has 0 bridgehead atoms. The van der Waals surface area contributed by atoms with Crippen LogP contribution in [0.15, 0.2) is 48.5 Å². The maximum atomic E-state index is 13.1. The Morgan fingerprint density at radius 2 is 1.57 bits per heavy atom. The maximum Gasteiger partial charge on any atom is 0.338 e. The normalized spacial score (nSPS) is 18.7. The average molecular weight is 479 g/mol. The van der Waals surface area contributed by atoms with Crippen molar-refractivity contribution in [2.45, 2.75) is 50.6 Å². The molecule has 2 amide bonds. The van der Waals surface area contributed by atoms with E-state index in [9.17, 15) is 19.2 Å². The molecule has 1 saturated heterocycles. The van der Waals surface area contributed by atoms with Crippen molar-refractivity contribution in [3.8, 4) is 5.75 Å². The van der Waals surface area contributed by atoms with Crippen molar-refractivity contribution in [1.82, 2.24) is 4.90 Å². The Labute approximate surface area is 204 Å². The van der Waals surface area contributed by atoms with E-state index in [4.69, 9.17) is 9.47 Å². The lowest BCUT2D eigenvalue weighted by Gasteiger charge is -2.34. The molecule has 2 fully saturated rings. The number of ketones is 1. The highest BCUT2D eigenvalue weighted by Crippen LogP contribution is 2.30. The van der Waals surface area contributed by atoms with E-state index >= 15 is 0 Å². The van der Waals surface area contributed by atoms with Crippen molar-refractivity contribution < 1.29 is 28.7 Å². The lowest BCUT2D eigenvalue weighted by atomic mass is 9.93. The van der Waals surface area contributed by atoms with E-state index in [1.165, 1.54) is 30.6 Å². The summed E-state index contributed by atoms with van der Waals surface area (Å²) in [6.07, 6.45) is 5.77. The highest BCUT2D eigenvalue weighted by atomic mass is 16.5. The number of Topliss-reactive ketones (excluding diaryl/α,β-unsaturated/α-hetero) is 1. The number of methoxy groups -OCH3 is 1. The third-order valence-corrected chi connectivity index (χ3v) is 6.87. The van der Waals surface area contributed by atoms with E-state index in [2.05, 4.69) is 4.90 Å². The Hall–Kier alpha value is -3.52. The fourth-order valence-corrected chi connectivity index (χ4v) is 4.77. The summed E-state index contributed by atoms with van der Waals surface area (Å²) in [6, 6.07) is 12.5. The number of benzene rings is 2. The summed E-state index contributed by atoms with van der Waals surface area (Å²) in [5.41, 5.74) is 1.06. The number of esters is 1. The maximum absolute atomic E-state index is 13.1. The zero-order chi connectivity index (χ0) is 24.9. The van der Waals surface area contributed by atoms with E-state index in [1.807, 2.05) is 7.05 Å². The molecule has 184 valence electrons. The highest BCUT2D eigenvalue weighted by Gasteiger charge is 2.43. The van der Waals surface area contributed by atoms with Crippen LogP contribution in [0.1, 0.15) is 59.2 Å². The van der Waals surface area contributed by atoms with Gasteiger partial charge in [0.25, 0.3) is 5.91 Å². The van der Waals surface area contributed by atoms with Gasteiger partial charge >= 0.3 is 5.97 Å². The topological polar surface area (TPSA) is 93.2 Å². The standard InChI is InChI=1S/C27H30N2O6/c1-28(20-6-4-3-5-7-20)23-16-25(31)29(26(23)32)21-12-8-19(9-13-21)27(33)35-17-24(30)18-10-14-22(34-2)15-11-18/h8-15,20,23H,3-7,16-17H2,1-2H3. The third-order valence-electron chi connectivity index (χ3n) is 6.87. The zero-order valence-electron chi connectivity index (χ0n) is 20.1. The molecule has 0 spiro atoms. The molecule has 1 heterocycles. The number of carbonyl (C=O) groups excluding carboxylic acids is 4. The number of ether oxygens (including phenoxy) is 2. The van der Waals surface area contributed by atoms with Crippen molar-refractivity contribution in [1.29, 1.82) is 0 Å². The van der Waals surface area contributed by atoms with Crippen molar-refractivity contribution in [2.24, 2.45) is 0 Å². The van der Waals surface area contributed by atoms with Crippen molar-refractivity contribution in [3.63, 3.8) is 0 Å². The molecule has 1 unspecified atom stereocenters. The molecule has 2 aliphatic rings. The summed E-state index contributed by atoms with van der Waals surface area (Å²) >= 11 is 0. The zero-order valence-corrected chi connectivity index (χ0v) is 20.1. The van der Waals surface area contributed by atoms with Gasteiger partial charge < -0.3 is 9.47 Å².